The van der Waals surface area contributed by atoms with Crippen molar-refractivity contribution in [1.82, 2.24) is 0 Å². The number of rotatable bonds is 9. The maximum Gasteiger partial charge on any atom is 0.354 e. The Morgan fingerprint density at radius 2 is 1.74 bits per heavy atom. The third-order valence-electron chi connectivity index (χ3n) is 7.06. The normalized spacial score (nSPS) is 29.2. The Kier molecular flexibility index (Phi) is 9.13. The fourth-order valence-electron chi connectivity index (χ4n) is 4.83. The Balaban J connectivity index is 1.58. The van der Waals surface area contributed by atoms with E-state index in [-0.39, 0.29) is 36.5 Å². The van der Waals surface area contributed by atoms with Gasteiger partial charge in [-0.2, -0.15) is 0 Å². The van der Waals surface area contributed by atoms with E-state index in [1.54, 1.807) is 20.8 Å². The van der Waals surface area contributed by atoms with Crippen molar-refractivity contribution >= 4 is 29.3 Å². The minimum Gasteiger partial charge on any atom is -0.504 e. The molecular formula is C28H34N2O13. The predicted octanol–water partition coefficient (Wildman–Crippen LogP) is 0.0320. The van der Waals surface area contributed by atoms with Gasteiger partial charge >= 0.3 is 17.9 Å². The third kappa shape index (κ3) is 7.14. The summed E-state index contributed by atoms with van der Waals surface area (Å²) in [6.45, 7) is 5.23. The number of aliphatic hydroxyl groups is 3. The van der Waals surface area contributed by atoms with Crippen LogP contribution in [-0.2, 0) is 30.3 Å². The number of fused-ring (bicyclic) bond motifs is 1. The molecule has 0 bridgehead atoms. The molecule has 15 nitrogen and oxygen atoms in total. The molecule has 3 aliphatic heterocycles. The summed E-state index contributed by atoms with van der Waals surface area (Å²) in [5.74, 6) is -4.57. The first-order valence-electron chi connectivity index (χ1n) is 13.4. The van der Waals surface area contributed by atoms with Crippen LogP contribution < -0.4 is 9.64 Å². The van der Waals surface area contributed by atoms with Gasteiger partial charge < -0.3 is 54.9 Å². The number of hydrogen-bond acceptors (Lipinski definition) is 12. The van der Waals surface area contributed by atoms with Crippen LogP contribution in [0.5, 0.6) is 11.5 Å². The fraction of sp³-hybridized carbons (Fsp3) is 0.500. The van der Waals surface area contributed by atoms with Gasteiger partial charge in [0.05, 0.1) is 12.2 Å². The quantitative estimate of drug-likeness (QED) is 0.196. The van der Waals surface area contributed by atoms with Gasteiger partial charge in [0.25, 0.3) is 0 Å². The van der Waals surface area contributed by atoms with Gasteiger partial charge in [-0.05, 0) is 50.1 Å². The molecular weight excluding hydrogens is 572 g/mol. The van der Waals surface area contributed by atoms with E-state index >= 15 is 0 Å². The molecule has 1 fully saturated rings. The monoisotopic (exact) mass is 606 g/mol. The number of aliphatic imine (C=N–C) groups is 1. The first kappa shape index (κ1) is 31.9. The Labute approximate surface area is 245 Å². The van der Waals surface area contributed by atoms with Crippen LogP contribution in [0.4, 0.5) is 5.69 Å². The van der Waals surface area contributed by atoms with Crippen LogP contribution in [0.3, 0.4) is 0 Å². The van der Waals surface area contributed by atoms with E-state index < -0.39 is 77.8 Å². The van der Waals surface area contributed by atoms with Crippen molar-refractivity contribution in [3.8, 4) is 11.5 Å². The first-order chi connectivity index (χ1) is 20.1. The number of benzene rings is 1. The largest absolute Gasteiger partial charge is 0.504 e. The lowest BCUT2D eigenvalue weighted by Gasteiger charge is -2.40. The standard InChI is InChI=1S/C28H34N2O13/c1-28(2,3)41-11-20-21(32)22(33)23(34)27(43-20)42-19-9-13-8-17(26(39)40)30(16(13)10-18(19)31)5-4-12-6-14(24(35)36)29-15(7-12)25(37)38/h4-6,9-10,15,17,20-23,27,31-34H,7-8,11H2,1-3H3,(H,35,36)(H,37,38)(H,39,40)/b5-4+/t15-,17-,20+,21+,22-,23+,27+/m0/s1. The van der Waals surface area contributed by atoms with E-state index in [0.29, 0.717) is 5.56 Å². The minimum atomic E-state index is -1.70. The molecule has 0 unspecified atom stereocenters. The van der Waals surface area contributed by atoms with Crippen LogP contribution >= 0.6 is 0 Å². The van der Waals surface area contributed by atoms with Crippen molar-refractivity contribution in [2.24, 2.45) is 4.99 Å². The highest BCUT2D eigenvalue weighted by molar-refractivity contribution is 6.41. The number of allylic oxidation sites excluding steroid dienone is 1. The predicted molar refractivity (Wildman–Crippen MR) is 147 cm³/mol. The number of hydrogen-bond donors (Lipinski definition) is 7. The number of ether oxygens (including phenoxy) is 3. The van der Waals surface area contributed by atoms with Crippen molar-refractivity contribution in [3.63, 3.8) is 0 Å². The second kappa shape index (κ2) is 12.3. The molecule has 1 saturated heterocycles. The molecule has 0 spiro atoms. The Hall–Kier alpha value is -4.02. The minimum absolute atomic E-state index is 0.0399. The number of carbonyl (C=O) groups is 3. The first-order valence-corrected chi connectivity index (χ1v) is 13.4. The van der Waals surface area contributed by atoms with Crippen LogP contribution in [0.25, 0.3) is 0 Å². The Morgan fingerprint density at radius 3 is 2.35 bits per heavy atom. The smallest absolute Gasteiger partial charge is 0.354 e. The number of nitrogens with zero attached hydrogens (tertiary/aromatic N) is 2. The van der Waals surface area contributed by atoms with Gasteiger partial charge in [-0.15, -0.1) is 0 Å². The highest BCUT2D eigenvalue weighted by atomic mass is 16.7. The van der Waals surface area contributed by atoms with Crippen LogP contribution in [0, 0.1) is 0 Å². The van der Waals surface area contributed by atoms with E-state index in [2.05, 4.69) is 4.99 Å². The fourth-order valence-corrected chi connectivity index (χ4v) is 4.83. The molecule has 0 aliphatic carbocycles. The summed E-state index contributed by atoms with van der Waals surface area (Å²) in [5.41, 5.74) is -0.0415. The average molecular weight is 607 g/mol. The molecule has 3 aliphatic rings. The van der Waals surface area contributed by atoms with Gasteiger partial charge in [-0.25, -0.2) is 14.4 Å². The van der Waals surface area contributed by atoms with Gasteiger partial charge in [0.1, 0.15) is 36.2 Å². The second-order valence-corrected chi connectivity index (χ2v) is 11.4. The molecule has 234 valence electrons. The summed E-state index contributed by atoms with van der Waals surface area (Å²) in [4.78, 5) is 40.0. The summed E-state index contributed by atoms with van der Waals surface area (Å²) >= 11 is 0. The zero-order valence-corrected chi connectivity index (χ0v) is 23.5. The van der Waals surface area contributed by atoms with Crippen LogP contribution in [0.1, 0.15) is 32.8 Å². The van der Waals surface area contributed by atoms with Crippen molar-refractivity contribution in [1.29, 1.82) is 0 Å². The topological polar surface area (TPSA) is 236 Å². The van der Waals surface area contributed by atoms with E-state index in [1.165, 1.54) is 35.4 Å². The van der Waals surface area contributed by atoms with Crippen LogP contribution in [0.2, 0.25) is 0 Å². The lowest BCUT2D eigenvalue weighted by molar-refractivity contribution is -0.283. The number of carboxylic acid groups (broad SMARTS) is 3. The zero-order valence-electron chi connectivity index (χ0n) is 23.5. The number of dihydropyridines is 1. The number of phenolic OH excluding ortho intramolecular Hbond substituents is 1. The SMILES string of the molecule is CC(C)(C)OC[C@H]1O[C@@H](Oc2cc3c(cc2O)N(/C=C/C2=CC(C(=O)O)=N[C@H](C(=O)O)C2)[C@H](C(=O)O)C3)[C@H](O)[C@@H](O)[C@@H]1O. The lowest BCUT2D eigenvalue weighted by atomic mass is 9.99. The summed E-state index contributed by atoms with van der Waals surface area (Å²) in [5, 5.41) is 70.5. The Bertz CT molecular complexity index is 1360. The van der Waals surface area contributed by atoms with E-state index in [4.69, 9.17) is 14.2 Å². The number of aliphatic carboxylic acids is 3. The van der Waals surface area contributed by atoms with Crippen molar-refractivity contribution in [2.45, 2.75) is 82.0 Å². The molecule has 3 heterocycles. The molecule has 4 rings (SSSR count). The lowest BCUT2D eigenvalue weighted by Crippen LogP contribution is -2.60. The second-order valence-electron chi connectivity index (χ2n) is 11.4. The molecule has 0 radical (unpaired) electrons. The van der Waals surface area contributed by atoms with Crippen molar-refractivity contribution in [3.05, 3.63) is 41.6 Å². The summed E-state index contributed by atoms with van der Waals surface area (Å²) in [6, 6.07) is 0.133. The van der Waals surface area contributed by atoms with Gasteiger partial charge in [-0.1, -0.05) is 0 Å². The molecule has 0 aromatic heterocycles. The molecule has 15 heteroatoms. The van der Waals surface area contributed by atoms with Gasteiger partial charge in [0, 0.05) is 30.8 Å². The zero-order chi connectivity index (χ0) is 31.8. The van der Waals surface area contributed by atoms with Gasteiger partial charge in [-0.3, -0.25) is 4.99 Å². The van der Waals surface area contributed by atoms with Crippen LogP contribution in [-0.4, -0.2) is 114 Å². The Morgan fingerprint density at radius 1 is 1.05 bits per heavy atom. The van der Waals surface area contributed by atoms with E-state index in [0.717, 1.165) is 0 Å². The molecule has 7 N–H and O–H groups in total. The highest BCUT2D eigenvalue weighted by Gasteiger charge is 2.46. The number of carboxylic acids is 3. The average Bonchev–Trinajstić information content (AvgIpc) is 3.28. The molecule has 1 aromatic rings. The molecule has 0 saturated carbocycles. The van der Waals surface area contributed by atoms with E-state index in [9.17, 15) is 50.1 Å². The molecule has 7 atom stereocenters. The van der Waals surface area contributed by atoms with Gasteiger partial charge in [0.2, 0.25) is 6.29 Å². The van der Waals surface area contributed by atoms with Crippen molar-refractivity contribution in [2.75, 3.05) is 11.5 Å². The molecule has 0 amide bonds. The number of phenols is 1. The maximum atomic E-state index is 12.1. The van der Waals surface area contributed by atoms with Crippen LogP contribution in [0.15, 0.2) is 41.1 Å². The van der Waals surface area contributed by atoms with Crippen molar-refractivity contribution < 1.29 is 64.3 Å². The van der Waals surface area contributed by atoms with E-state index in [1.807, 2.05) is 0 Å². The number of anilines is 1. The van der Waals surface area contributed by atoms with Gasteiger partial charge in [0.15, 0.2) is 17.5 Å². The number of aliphatic hydroxyl groups excluding tert-OH is 3. The third-order valence-corrected chi connectivity index (χ3v) is 7.06. The molecule has 1 aromatic carbocycles. The molecule has 43 heavy (non-hydrogen) atoms. The maximum absolute atomic E-state index is 12.1. The summed E-state index contributed by atoms with van der Waals surface area (Å²) < 4.78 is 17.0. The summed E-state index contributed by atoms with van der Waals surface area (Å²) in [7, 11) is 0. The summed E-state index contributed by atoms with van der Waals surface area (Å²) in [6.07, 6.45) is -3.64. The highest BCUT2D eigenvalue weighted by Crippen LogP contribution is 2.42. The number of aromatic hydroxyl groups is 1.